The molecule has 0 N–H and O–H groups in total. The fourth-order valence-electron chi connectivity index (χ4n) is 5.04. The van der Waals surface area contributed by atoms with Crippen molar-refractivity contribution in [2.75, 3.05) is 13.1 Å². The first-order valence-corrected chi connectivity index (χ1v) is 12.0. The molecule has 162 valence electrons. The summed E-state index contributed by atoms with van der Waals surface area (Å²) in [7, 11) is 0. The number of benzene rings is 1. The number of halogens is 1. The maximum absolute atomic E-state index is 13.0. The molecule has 32 heavy (non-hydrogen) atoms. The fraction of sp³-hybridized carbons (Fsp3) is 0.304. The molecule has 2 bridgehead atoms. The van der Waals surface area contributed by atoms with Gasteiger partial charge in [-0.2, -0.15) is 0 Å². The molecule has 4 aromatic rings. The lowest BCUT2D eigenvalue weighted by Crippen LogP contribution is -2.55. The van der Waals surface area contributed by atoms with E-state index < -0.39 is 0 Å². The molecule has 2 fully saturated rings. The van der Waals surface area contributed by atoms with Crippen molar-refractivity contribution in [2.24, 2.45) is 0 Å². The highest BCUT2D eigenvalue weighted by Crippen LogP contribution is 2.33. The Hall–Kier alpha value is -2.81. The van der Waals surface area contributed by atoms with Gasteiger partial charge in [-0.25, -0.2) is 15.0 Å². The number of carbonyl (C=O) groups excluding carboxylic acids is 1. The van der Waals surface area contributed by atoms with E-state index in [2.05, 4.69) is 24.2 Å². The number of hydrogen-bond donors (Lipinski definition) is 0. The molecule has 5 heterocycles. The van der Waals surface area contributed by atoms with Gasteiger partial charge in [-0.1, -0.05) is 23.7 Å². The van der Waals surface area contributed by atoms with Crippen LogP contribution in [0.25, 0.3) is 17.0 Å². The Morgan fingerprint density at radius 2 is 1.91 bits per heavy atom. The molecule has 0 aliphatic carbocycles. The van der Waals surface area contributed by atoms with E-state index in [0.29, 0.717) is 16.5 Å². The zero-order valence-corrected chi connectivity index (χ0v) is 18.8. The van der Waals surface area contributed by atoms with E-state index >= 15 is 0 Å². The first-order valence-electron chi connectivity index (χ1n) is 10.7. The number of imidazole rings is 1. The molecule has 7 nitrogen and oxygen atoms in total. The standard InChI is InChI=1S/C23H21ClN6OS/c24-16-4-2-15(3-5-16)21-20(29-9-1-8-25-23(29)27-21)12-28-10-17-6-7-18(11-28)30(17)22(31)19-13-32-14-26-19/h1-5,8-9,13-14,17-18H,6-7,10-12H2. The summed E-state index contributed by atoms with van der Waals surface area (Å²) in [6.45, 7) is 2.44. The van der Waals surface area contributed by atoms with Gasteiger partial charge in [0.05, 0.1) is 16.9 Å². The topological polar surface area (TPSA) is 66.6 Å². The van der Waals surface area contributed by atoms with Crippen molar-refractivity contribution in [1.82, 2.24) is 29.2 Å². The molecule has 9 heteroatoms. The van der Waals surface area contributed by atoms with E-state index in [1.807, 2.05) is 41.9 Å². The predicted octanol–water partition coefficient (Wildman–Crippen LogP) is 4.00. The molecule has 3 aromatic heterocycles. The van der Waals surface area contributed by atoms with Gasteiger partial charge >= 0.3 is 0 Å². The van der Waals surface area contributed by atoms with Crippen LogP contribution in [0, 0.1) is 0 Å². The van der Waals surface area contributed by atoms with E-state index in [1.165, 1.54) is 11.3 Å². The molecule has 6 rings (SSSR count). The van der Waals surface area contributed by atoms with Crippen molar-refractivity contribution < 1.29 is 4.79 Å². The largest absolute Gasteiger partial charge is 0.329 e. The van der Waals surface area contributed by atoms with Crippen LogP contribution in [0.1, 0.15) is 29.0 Å². The van der Waals surface area contributed by atoms with Gasteiger partial charge in [0.1, 0.15) is 5.69 Å². The van der Waals surface area contributed by atoms with Crippen LogP contribution in [0.4, 0.5) is 0 Å². The fourth-order valence-corrected chi connectivity index (χ4v) is 5.69. The summed E-state index contributed by atoms with van der Waals surface area (Å²) in [6.07, 6.45) is 5.85. The number of carbonyl (C=O) groups is 1. The molecular formula is C23H21ClN6OS. The number of amides is 1. The second-order valence-corrected chi connectivity index (χ2v) is 9.52. The van der Waals surface area contributed by atoms with Gasteiger partial charge in [0.2, 0.25) is 5.78 Å². The number of piperazine rings is 1. The van der Waals surface area contributed by atoms with Crippen molar-refractivity contribution in [3.63, 3.8) is 0 Å². The second kappa shape index (κ2) is 7.95. The summed E-state index contributed by atoms with van der Waals surface area (Å²) in [5.74, 6) is 0.757. The lowest BCUT2D eigenvalue weighted by Gasteiger charge is -2.40. The van der Waals surface area contributed by atoms with Gasteiger partial charge in [-0.15, -0.1) is 11.3 Å². The number of thiazole rings is 1. The Bertz CT molecular complexity index is 1260. The Morgan fingerprint density at radius 3 is 2.62 bits per heavy atom. The van der Waals surface area contributed by atoms with E-state index in [-0.39, 0.29) is 18.0 Å². The molecule has 2 aliphatic heterocycles. The van der Waals surface area contributed by atoms with Crippen molar-refractivity contribution in [3.05, 3.63) is 70.0 Å². The third-order valence-electron chi connectivity index (χ3n) is 6.44. The van der Waals surface area contributed by atoms with E-state index in [0.717, 1.165) is 49.4 Å². The number of fused-ring (bicyclic) bond motifs is 3. The molecule has 0 spiro atoms. The van der Waals surface area contributed by atoms with E-state index in [9.17, 15) is 4.79 Å². The van der Waals surface area contributed by atoms with Crippen LogP contribution in [0.5, 0.6) is 0 Å². The maximum Gasteiger partial charge on any atom is 0.273 e. The van der Waals surface area contributed by atoms with Gasteiger partial charge in [0.25, 0.3) is 5.91 Å². The Labute approximate surface area is 194 Å². The summed E-state index contributed by atoms with van der Waals surface area (Å²) in [5.41, 5.74) is 5.35. The Balaban J connectivity index is 1.30. The lowest BCUT2D eigenvalue weighted by atomic mass is 10.1. The first-order chi connectivity index (χ1) is 15.7. The van der Waals surface area contributed by atoms with Crippen LogP contribution in [-0.4, -0.2) is 60.2 Å². The van der Waals surface area contributed by atoms with Gasteiger partial charge in [-0.05, 0) is 31.0 Å². The van der Waals surface area contributed by atoms with Gasteiger partial charge in [0.15, 0.2) is 0 Å². The Morgan fingerprint density at radius 1 is 1.12 bits per heavy atom. The number of rotatable bonds is 4. The van der Waals surface area contributed by atoms with Crippen molar-refractivity contribution >= 4 is 34.6 Å². The average Bonchev–Trinajstić information content (AvgIpc) is 3.52. The summed E-state index contributed by atoms with van der Waals surface area (Å²) in [5, 5.41) is 2.55. The van der Waals surface area contributed by atoms with Crippen LogP contribution in [-0.2, 0) is 6.54 Å². The minimum atomic E-state index is 0.0688. The highest BCUT2D eigenvalue weighted by atomic mass is 35.5. The van der Waals surface area contributed by atoms with Crippen molar-refractivity contribution in [2.45, 2.75) is 31.5 Å². The minimum Gasteiger partial charge on any atom is -0.329 e. The summed E-state index contributed by atoms with van der Waals surface area (Å²) in [6, 6.07) is 10.2. The predicted molar refractivity (Wildman–Crippen MR) is 124 cm³/mol. The van der Waals surface area contributed by atoms with E-state index in [1.54, 1.807) is 11.7 Å². The molecule has 2 unspecified atom stereocenters. The third-order valence-corrected chi connectivity index (χ3v) is 7.28. The molecule has 1 aromatic carbocycles. The molecule has 1 amide bonds. The monoisotopic (exact) mass is 464 g/mol. The third kappa shape index (κ3) is 3.39. The Kier molecular flexibility index (Phi) is 4.93. The summed E-state index contributed by atoms with van der Waals surface area (Å²) >= 11 is 7.57. The molecule has 0 radical (unpaired) electrons. The highest BCUT2D eigenvalue weighted by molar-refractivity contribution is 7.07. The van der Waals surface area contributed by atoms with Crippen LogP contribution in [0.15, 0.2) is 53.6 Å². The quantitative estimate of drug-likeness (QED) is 0.456. The summed E-state index contributed by atoms with van der Waals surface area (Å²) < 4.78 is 2.07. The maximum atomic E-state index is 13.0. The lowest BCUT2D eigenvalue weighted by molar-refractivity contribution is 0.0398. The average molecular weight is 465 g/mol. The molecular weight excluding hydrogens is 444 g/mol. The van der Waals surface area contributed by atoms with Crippen LogP contribution >= 0.6 is 22.9 Å². The van der Waals surface area contributed by atoms with Gasteiger partial charge in [-0.3, -0.25) is 14.1 Å². The number of likely N-dealkylation sites (tertiary alicyclic amines) is 1. The first kappa shape index (κ1) is 19.8. The van der Waals surface area contributed by atoms with Crippen molar-refractivity contribution in [1.29, 1.82) is 0 Å². The van der Waals surface area contributed by atoms with Crippen LogP contribution < -0.4 is 0 Å². The zero-order valence-electron chi connectivity index (χ0n) is 17.3. The SMILES string of the molecule is O=C(c1cscn1)N1C2CCC1CN(Cc1c(-c3ccc(Cl)cc3)nc3ncccn13)C2. The number of aromatic nitrogens is 4. The van der Waals surface area contributed by atoms with Gasteiger partial charge < -0.3 is 4.90 Å². The number of hydrogen-bond acceptors (Lipinski definition) is 6. The van der Waals surface area contributed by atoms with Crippen molar-refractivity contribution in [3.8, 4) is 11.3 Å². The zero-order chi connectivity index (χ0) is 21.7. The number of nitrogens with zero attached hydrogens (tertiary/aromatic N) is 6. The molecule has 2 atom stereocenters. The molecule has 2 aliphatic rings. The normalized spacial score (nSPS) is 20.8. The summed E-state index contributed by atoms with van der Waals surface area (Å²) in [4.78, 5) is 31.0. The second-order valence-electron chi connectivity index (χ2n) is 8.37. The highest BCUT2D eigenvalue weighted by Gasteiger charge is 2.43. The molecule has 0 saturated carbocycles. The van der Waals surface area contributed by atoms with Crippen LogP contribution in [0.3, 0.4) is 0 Å². The smallest absolute Gasteiger partial charge is 0.273 e. The van der Waals surface area contributed by atoms with Gasteiger partial charge in [0, 0.05) is 60.1 Å². The van der Waals surface area contributed by atoms with Crippen LogP contribution in [0.2, 0.25) is 5.02 Å². The van der Waals surface area contributed by atoms with E-state index in [4.69, 9.17) is 16.6 Å². The minimum absolute atomic E-state index is 0.0688. The molecule has 2 saturated heterocycles.